The van der Waals surface area contributed by atoms with Crippen molar-refractivity contribution in [3.8, 4) is 0 Å². The van der Waals surface area contributed by atoms with Gasteiger partial charge in [0.25, 0.3) is 0 Å². The number of fused-ring (bicyclic) bond motifs is 1. The summed E-state index contributed by atoms with van der Waals surface area (Å²) in [7, 11) is 0. The van der Waals surface area contributed by atoms with Gasteiger partial charge in [0, 0.05) is 56.3 Å². The largest absolute Gasteiger partial charge is 0.480 e. The van der Waals surface area contributed by atoms with E-state index in [2.05, 4.69) is 20.7 Å². The number of carbonyl (C=O) groups excluding carboxylic acids is 4. The zero-order valence-electron chi connectivity index (χ0n) is 26.1. The van der Waals surface area contributed by atoms with Crippen LogP contribution < -0.4 is 16.4 Å². The first-order valence-corrected chi connectivity index (χ1v) is 16.2. The summed E-state index contributed by atoms with van der Waals surface area (Å²) in [5.41, 5.74) is 8.95. The van der Waals surface area contributed by atoms with Crippen LogP contribution in [0.1, 0.15) is 43.4 Å². The smallest absolute Gasteiger partial charge is 0.322 e. The zero-order valence-corrected chi connectivity index (χ0v) is 26.9. The second-order valence-electron chi connectivity index (χ2n) is 12.3. The molecule has 5 rings (SSSR count). The van der Waals surface area contributed by atoms with Gasteiger partial charge in [-0.15, -0.1) is 0 Å². The second kappa shape index (κ2) is 14.1. The van der Waals surface area contributed by atoms with E-state index in [0.29, 0.717) is 30.9 Å². The molecule has 0 saturated carbocycles. The van der Waals surface area contributed by atoms with Gasteiger partial charge in [0.15, 0.2) is 0 Å². The zero-order chi connectivity index (χ0) is 33.9. The summed E-state index contributed by atoms with van der Waals surface area (Å²) in [5, 5.41) is 30.4. The number of aliphatic hydroxyl groups is 1. The van der Waals surface area contributed by atoms with E-state index < -0.39 is 40.7 Å². The van der Waals surface area contributed by atoms with Gasteiger partial charge in [0.1, 0.15) is 18.8 Å². The molecule has 1 aromatic carbocycles. The van der Waals surface area contributed by atoms with Gasteiger partial charge in [-0.1, -0.05) is 26.0 Å². The average molecular weight is 667 g/mol. The molecule has 0 spiro atoms. The maximum atomic E-state index is 13.2. The van der Waals surface area contributed by atoms with Crippen molar-refractivity contribution in [2.45, 2.75) is 57.3 Å². The lowest BCUT2D eigenvalue weighted by atomic mass is 9.83. The number of nitrogens with two attached hydrogens (primary N) is 1. The molecular weight excluding hydrogens is 628 g/mol. The third-order valence-electron chi connectivity index (χ3n) is 8.26. The number of hydrazone groups is 1. The van der Waals surface area contributed by atoms with Crippen molar-refractivity contribution in [3.05, 3.63) is 59.4 Å². The van der Waals surface area contributed by atoms with E-state index in [4.69, 9.17) is 10.8 Å². The van der Waals surface area contributed by atoms with Crippen molar-refractivity contribution in [2.75, 3.05) is 30.7 Å². The average Bonchev–Trinajstić information content (AvgIpc) is 3.59. The SMILES string of the molecule is CC1(C)CC(c2ccc(NC(=O)N3Cc4ccncc4C3)cc2)=NN(CCNC(=O)CN2C(=O)CC(SC[C@H](N)C(=O)O)C2O)C1=O. The summed E-state index contributed by atoms with van der Waals surface area (Å²) < 4.78 is 0. The molecule has 4 heterocycles. The molecule has 47 heavy (non-hydrogen) atoms. The molecule has 0 radical (unpaired) electrons. The number of thioether (sulfide) groups is 1. The Balaban J connectivity index is 1.13. The Morgan fingerprint density at radius 1 is 1.13 bits per heavy atom. The fourth-order valence-corrected chi connectivity index (χ4v) is 6.75. The molecule has 5 amide bonds. The third kappa shape index (κ3) is 7.89. The number of rotatable bonds is 11. The lowest BCUT2D eigenvalue weighted by Gasteiger charge is -2.34. The number of hydrogen-bond acceptors (Lipinski definition) is 10. The molecule has 2 unspecified atom stereocenters. The number of aliphatic hydroxyl groups excluding tert-OH is 1. The Morgan fingerprint density at radius 2 is 1.85 bits per heavy atom. The number of likely N-dealkylation sites (tertiary alicyclic amines) is 1. The van der Waals surface area contributed by atoms with E-state index in [9.17, 15) is 29.1 Å². The van der Waals surface area contributed by atoms with Gasteiger partial charge in [0.05, 0.1) is 22.9 Å². The van der Waals surface area contributed by atoms with E-state index >= 15 is 0 Å². The normalized spacial score (nSPS) is 20.9. The number of pyridine rings is 1. The Kier molecular flexibility index (Phi) is 10.1. The highest BCUT2D eigenvalue weighted by atomic mass is 32.2. The summed E-state index contributed by atoms with van der Waals surface area (Å²) >= 11 is 1.07. The minimum absolute atomic E-state index is 0.0143. The van der Waals surface area contributed by atoms with E-state index in [1.165, 1.54) is 5.01 Å². The molecule has 1 saturated heterocycles. The Hall–Kier alpha value is -4.54. The van der Waals surface area contributed by atoms with E-state index in [0.717, 1.165) is 33.4 Å². The van der Waals surface area contributed by atoms with Gasteiger partial charge < -0.3 is 36.4 Å². The Labute approximate surface area is 275 Å². The molecule has 0 aliphatic carbocycles. The predicted octanol–water partition coefficient (Wildman–Crippen LogP) is 0.773. The van der Waals surface area contributed by atoms with Gasteiger partial charge in [-0.05, 0) is 34.9 Å². The van der Waals surface area contributed by atoms with E-state index in [1.807, 2.05) is 32.0 Å². The first-order valence-electron chi connectivity index (χ1n) is 15.1. The van der Waals surface area contributed by atoms with Crippen LogP contribution in [0.4, 0.5) is 10.5 Å². The van der Waals surface area contributed by atoms with Crippen molar-refractivity contribution in [1.82, 2.24) is 25.1 Å². The lowest BCUT2D eigenvalue weighted by molar-refractivity contribution is -0.141. The van der Waals surface area contributed by atoms with Gasteiger partial charge in [-0.2, -0.15) is 16.9 Å². The van der Waals surface area contributed by atoms with Gasteiger partial charge in [0.2, 0.25) is 17.7 Å². The number of nitrogens with one attached hydrogen (secondary N) is 2. The summed E-state index contributed by atoms with van der Waals surface area (Å²) in [6.45, 7) is 4.41. The van der Waals surface area contributed by atoms with Crippen LogP contribution in [0.5, 0.6) is 0 Å². The molecule has 3 atom stereocenters. The number of carboxylic acids is 1. The van der Waals surface area contributed by atoms with Crippen LogP contribution in [0.3, 0.4) is 0 Å². The molecule has 0 bridgehead atoms. The number of hydrogen-bond donors (Lipinski definition) is 5. The molecule has 15 nitrogen and oxygen atoms in total. The molecule has 6 N–H and O–H groups in total. The highest BCUT2D eigenvalue weighted by Crippen LogP contribution is 2.32. The maximum Gasteiger partial charge on any atom is 0.322 e. The Bertz CT molecular complexity index is 1560. The van der Waals surface area contributed by atoms with Crippen LogP contribution in [0, 0.1) is 5.41 Å². The minimum atomic E-state index is -1.26. The standard InChI is InChI=1S/C31H38N8O7S/c1-31(2)12-23(18-3-5-21(6-4-18)35-30(46)37-14-19-7-8-33-13-20(19)15-37)36-39(29(31)45)10-9-34-25(40)16-38-26(41)11-24(27(38)42)47-17-22(32)28(43)44/h3-8,13,22,24,27,42H,9-12,14-17,32H2,1-2H3,(H,34,40)(H,35,46)(H,43,44)/t22-,24?,27?/m0/s1. The second-order valence-corrected chi connectivity index (χ2v) is 13.6. The van der Waals surface area contributed by atoms with Gasteiger partial charge >= 0.3 is 12.0 Å². The van der Waals surface area contributed by atoms with Crippen LogP contribution >= 0.6 is 11.8 Å². The summed E-state index contributed by atoms with van der Waals surface area (Å²) in [4.78, 5) is 68.9. The quantitative estimate of drug-likeness (QED) is 0.227. The van der Waals surface area contributed by atoms with Crippen LogP contribution in [-0.4, -0.2) is 108 Å². The monoisotopic (exact) mass is 666 g/mol. The van der Waals surface area contributed by atoms with Crippen molar-refractivity contribution < 1.29 is 34.2 Å². The molecule has 3 aliphatic heterocycles. The number of urea groups is 1. The predicted molar refractivity (Wildman–Crippen MR) is 173 cm³/mol. The number of amides is 5. The van der Waals surface area contributed by atoms with Crippen molar-refractivity contribution in [3.63, 3.8) is 0 Å². The van der Waals surface area contributed by atoms with Crippen molar-refractivity contribution in [1.29, 1.82) is 0 Å². The number of carbonyl (C=O) groups is 5. The minimum Gasteiger partial charge on any atom is -0.480 e. The van der Waals surface area contributed by atoms with Crippen LogP contribution in [-0.2, 0) is 32.3 Å². The molecule has 1 fully saturated rings. The number of carboxylic acid groups (broad SMARTS) is 1. The summed E-state index contributed by atoms with van der Waals surface area (Å²) in [6, 6.07) is 7.80. The topological polar surface area (TPSA) is 211 Å². The summed E-state index contributed by atoms with van der Waals surface area (Å²) in [6.07, 6.45) is 2.58. The highest BCUT2D eigenvalue weighted by molar-refractivity contribution is 8.00. The number of aromatic nitrogens is 1. The number of nitrogens with zero attached hydrogens (tertiary/aromatic N) is 5. The Morgan fingerprint density at radius 3 is 2.55 bits per heavy atom. The molecular formula is C31H38N8O7S. The van der Waals surface area contributed by atoms with Gasteiger partial charge in [-0.25, -0.2) is 9.80 Å². The molecule has 16 heteroatoms. The number of benzene rings is 1. The molecule has 250 valence electrons. The van der Waals surface area contributed by atoms with E-state index in [-0.39, 0.29) is 43.7 Å². The van der Waals surface area contributed by atoms with Crippen LogP contribution in [0.25, 0.3) is 0 Å². The van der Waals surface area contributed by atoms with Crippen molar-refractivity contribution >= 4 is 52.9 Å². The fourth-order valence-electron chi connectivity index (χ4n) is 5.57. The summed E-state index contributed by atoms with van der Waals surface area (Å²) in [5.74, 6) is -2.32. The molecule has 3 aliphatic rings. The van der Waals surface area contributed by atoms with Crippen LogP contribution in [0.15, 0.2) is 47.8 Å². The number of anilines is 1. The third-order valence-corrected chi connectivity index (χ3v) is 9.65. The van der Waals surface area contributed by atoms with Crippen LogP contribution in [0.2, 0.25) is 0 Å². The maximum absolute atomic E-state index is 13.2. The highest BCUT2D eigenvalue weighted by Gasteiger charge is 2.41. The first-order chi connectivity index (χ1) is 22.3. The molecule has 1 aromatic heterocycles. The van der Waals surface area contributed by atoms with Crippen molar-refractivity contribution in [2.24, 2.45) is 16.3 Å². The molecule has 2 aromatic rings. The van der Waals surface area contributed by atoms with E-state index in [1.54, 1.807) is 29.4 Å². The van der Waals surface area contributed by atoms with Gasteiger partial charge in [-0.3, -0.25) is 24.2 Å². The first kappa shape index (κ1) is 33.8. The lowest BCUT2D eigenvalue weighted by Crippen LogP contribution is -2.48. The number of aliphatic carboxylic acids is 1. The fraction of sp³-hybridized carbons (Fsp3) is 0.452.